The van der Waals surface area contributed by atoms with Gasteiger partial charge < -0.3 is 37.2 Å². The second-order valence-corrected chi connectivity index (χ2v) is 23.8. The molecule has 430 valence electrons. The molecule has 1 aliphatic heterocycles. The number of amides is 8. The molecule has 1 aliphatic rings. The molecule has 0 fully saturated rings. The lowest BCUT2D eigenvalue weighted by molar-refractivity contribution is -0.141. The van der Waals surface area contributed by atoms with Crippen LogP contribution in [-0.2, 0) is 66.8 Å². The van der Waals surface area contributed by atoms with Crippen molar-refractivity contribution in [3.05, 3.63) is 125 Å². The first-order valence-corrected chi connectivity index (χ1v) is 28.5. The van der Waals surface area contributed by atoms with Gasteiger partial charge in [0, 0.05) is 56.1 Å². The number of benzene rings is 3. The number of sulfonamides is 1. The smallest absolute Gasteiger partial charge is 0.264 e. The van der Waals surface area contributed by atoms with Crippen LogP contribution in [-0.4, -0.2) is 123 Å². The zero-order valence-electron chi connectivity index (χ0n) is 47.5. The highest BCUT2D eigenvalue weighted by molar-refractivity contribution is 7.90. The summed E-state index contributed by atoms with van der Waals surface area (Å²) in [6.45, 7) is 15.2. The molecule has 0 aromatic heterocycles. The second-order valence-electron chi connectivity index (χ2n) is 22.1. The highest BCUT2D eigenvalue weighted by atomic mass is 32.2. The highest BCUT2D eigenvalue weighted by Gasteiger charge is 2.42. The maximum Gasteiger partial charge on any atom is 0.264 e. The van der Waals surface area contributed by atoms with Gasteiger partial charge in [-0.25, -0.2) is 13.1 Å². The van der Waals surface area contributed by atoms with Crippen molar-refractivity contribution < 1.29 is 46.8 Å². The van der Waals surface area contributed by atoms with Gasteiger partial charge >= 0.3 is 0 Å². The number of carbonyl (C=O) groups excluding carboxylic acids is 8. The monoisotopic (exact) mass is 1110 g/mol. The van der Waals surface area contributed by atoms with Gasteiger partial charge in [-0.2, -0.15) is 0 Å². The van der Waals surface area contributed by atoms with E-state index in [4.69, 9.17) is 5.73 Å². The highest BCUT2D eigenvalue weighted by Crippen LogP contribution is 2.29. The fourth-order valence-electron chi connectivity index (χ4n) is 9.27. The SMILES string of the molecule is CN[C@H](C(=O)N[C@H](C(=O)N(C)[C@H](C=C(C)C(=O)NS(=O)(=O)c1ccc(CNC(=O)[C@@H](CCCCN)NC(=O)[C@@H](Cc2ccccc2)NC(=O)CCCCCN2C(=O)C=CC2=O)cc1)C(C)C)C(C)(C)C)C(C)(C)c1ccccc1. The van der Waals surface area contributed by atoms with E-state index in [9.17, 15) is 46.8 Å². The largest absolute Gasteiger partial charge is 0.350 e. The van der Waals surface area contributed by atoms with Crippen molar-refractivity contribution in [2.75, 3.05) is 27.2 Å². The summed E-state index contributed by atoms with van der Waals surface area (Å²) in [6.07, 6.45) is 7.11. The van der Waals surface area contributed by atoms with Gasteiger partial charge in [0.25, 0.3) is 27.7 Å². The van der Waals surface area contributed by atoms with Gasteiger partial charge in [0.05, 0.1) is 17.0 Å². The quantitative estimate of drug-likeness (QED) is 0.0277. The molecule has 20 heteroatoms. The van der Waals surface area contributed by atoms with Crippen molar-refractivity contribution in [2.45, 2.75) is 154 Å². The topological polar surface area (TPSA) is 275 Å². The maximum atomic E-state index is 14.4. The van der Waals surface area contributed by atoms with Crippen LogP contribution in [0.4, 0.5) is 0 Å². The maximum absolute atomic E-state index is 14.4. The van der Waals surface area contributed by atoms with Crippen LogP contribution >= 0.6 is 0 Å². The minimum atomic E-state index is -4.40. The number of hydrogen-bond donors (Lipinski definition) is 7. The molecule has 0 unspecified atom stereocenters. The average Bonchev–Trinajstić information content (AvgIpc) is 3.77. The molecular weight excluding hydrogens is 1030 g/mol. The number of carbonyl (C=O) groups is 8. The number of nitrogens with one attached hydrogen (secondary N) is 6. The molecule has 0 bridgehead atoms. The molecule has 0 saturated heterocycles. The Morgan fingerprint density at radius 3 is 1.89 bits per heavy atom. The number of nitrogens with zero attached hydrogens (tertiary/aromatic N) is 2. The van der Waals surface area contributed by atoms with Crippen LogP contribution in [0.5, 0.6) is 0 Å². The second kappa shape index (κ2) is 29.8. The summed E-state index contributed by atoms with van der Waals surface area (Å²) in [7, 11) is -1.12. The minimum Gasteiger partial charge on any atom is -0.350 e. The van der Waals surface area contributed by atoms with Crippen molar-refractivity contribution in [2.24, 2.45) is 17.1 Å². The Balaban J connectivity index is 1.39. The first kappa shape index (κ1) is 64.5. The van der Waals surface area contributed by atoms with Crippen LogP contribution in [0, 0.1) is 11.3 Å². The summed E-state index contributed by atoms with van der Waals surface area (Å²) in [6, 6.07) is 19.9. The third kappa shape index (κ3) is 19.1. The summed E-state index contributed by atoms with van der Waals surface area (Å²) in [5, 5.41) is 14.6. The molecular formula is C59H83N9O10S. The molecule has 3 aromatic carbocycles. The predicted octanol–water partition coefficient (Wildman–Crippen LogP) is 4.46. The van der Waals surface area contributed by atoms with Gasteiger partial charge in [0.2, 0.25) is 29.5 Å². The van der Waals surface area contributed by atoms with Crippen molar-refractivity contribution in [1.82, 2.24) is 41.1 Å². The van der Waals surface area contributed by atoms with Crippen LogP contribution in [0.2, 0.25) is 0 Å². The molecule has 1 heterocycles. The van der Waals surface area contributed by atoms with Gasteiger partial charge in [0.1, 0.15) is 18.1 Å². The van der Waals surface area contributed by atoms with E-state index in [-0.39, 0.29) is 72.4 Å². The van der Waals surface area contributed by atoms with Crippen molar-refractivity contribution >= 4 is 57.3 Å². The lowest BCUT2D eigenvalue weighted by Crippen LogP contribution is -2.61. The molecule has 5 atom stereocenters. The number of likely N-dealkylation sites (N-methyl/N-ethyl adjacent to an activating group) is 2. The normalized spacial score (nSPS) is 14.9. The average molecular weight is 1110 g/mol. The Morgan fingerprint density at radius 2 is 1.32 bits per heavy atom. The molecule has 8 amide bonds. The Bertz CT molecular complexity index is 2740. The van der Waals surface area contributed by atoms with E-state index in [1.165, 1.54) is 54.3 Å². The van der Waals surface area contributed by atoms with Gasteiger partial charge in [-0.15, -0.1) is 0 Å². The standard InChI is InChI=1S/C59H83N9O10S/c1-39(2)47(67(10)57(76)52(58(4,5)6)65-56(75)51(61-9)59(7,8)43-24-16-12-17-25-43)36-40(3)53(72)66-79(77,78)44-30-28-42(29-31-44)38-62-54(73)45(26-19-20-34-60)64-55(74)46(37-41-22-14-11-15-23-41)63-48(69)27-18-13-21-35-68-49(70)32-33-50(68)71/h11-12,14-17,22-25,28-33,36,39,45-47,51-52,61H,13,18-21,26-27,34-35,37-38,60H2,1-10H3,(H,62,73)(H,63,69)(H,64,74)(H,65,75)(H,66,72)/t45-,46-,47-,51-,52-/m1/s1. The zero-order valence-corrected chi connectivity index (χ0v) is 48.3. The van der Waals surface area contributed by atoms with Crippen LogP contribution in [0.3, 0.4) is 0 Å². The molecule has 0 saturated carbocycles. The Morgan fingerprint density at radius 1 is 0.709 bits per heavy atom. The fourth-order valence-corrected chi connectivity index (χ4v) is 10.3. The first-order chi connectivity index (χ1) is 37.2. The van der Waals surface area contributed by atoms with Crippen LogP contribution in [0.1, 0.15) is 117 Å². The van der Waals surface area contributed by atoms with E-state index >= 15 is 0 Å². The molecule has 79 heavy (non-hydrogen) atoms. The minimum absolute atomic E-state index is 0.0390. The zero-order chi connectivity index (χ0) is 58.7. The van der Waals surface area contributed by atoms with Crippen LogP contribution < -0.4 is 37.0 Å². The summed E-state index contributed by atoms with van der Waals surface area (Å²) >= 11 is 0. The van der Waals surface area contributed by atoms with E-state index in [0.29, 0.717) is 44.2 Å². The number of unbranched alkanes of at least 4 members (excludes halogenated alkanes) is 3. The fraction of sp³-hybridized carbons (Fsp3) is 0.492. The molecule has 0 radical (unpaired) electrons. The number of hydrogen-bond acceptors (Lipinski definition) is 12. The van der Waals surface area contributed by atoms with E-state index in [0.717, 1.165) is 16.0 Å². The lowest BCUT2D eigenvalue weighted by Gasteiger charge is -2.40. The molecule has 4 rings (SSSR count). The molecule has 19 nitrogen and oxygen atoms in total. The summed E-state index contributed by atoms with van der Waals surface area (Å²) in [5.74, 6) is -4.08. The third-order valence-electron chi connectivity index (χ3n) is 14.1. The molecule has 8 N–H and O–H groups in total. The number of nitrogens with two attached hydrogens (primary N) is 1. The third-order valence-corrected chi connectivity index (χ3v) is 15.4. The molecule has 0 spiro atoms. The van der Waals surface area contributed by atoms with Gasteiger partial charge in [-0.05, 0) is 92.8 Å². The summed E-state index contributed by atoms with van der Waals surface area (Å²) in [4.78, 5) is 109. The van der Waals surface area contributed by atoms with E-state index in [2.05, 4.69) is 31.3 Å². The van der Waals surface area contributed by atoms with Crippen LogP contribution in [0.15, 0.2) is 114 Å². The van der Waals surface area contributed by atoms with E-state index in [1.807, 2.05) is 109 Å². The summed E-state index contributed by atoms with van der Waals surface area (Å²) < 4.78 is 29.3. The van der Waals surface area contributed by atoms with Crippen LogP contribution in [0.25, 0.3) is 0 Å². The van der Waals surface area contributed by atoms with Crippen molar-refractivity contribution in [3.63, 3.8) is 0 Å². The Kier molecular flexibility index (Phi) is 24.3. The Hall–Kier alpha value is -7.03. The molecule has 0 aliphatic carbocycles. The van der Waals surface area contributed by atoms with Gasteiger partial charge in [0.15, 0.2) is 0 Å². The predicted molar refractivity (Wildman–Crippen MR) is 304 cm³/mol. The van der Waals surface area contributed by atoms with Crippen molar-refractivity contribution in [3.8, 4) is 0 Å². The van der Waals surface area contributed by atoms with Gasteiger partial charge in [-0.3, -0.25) is 43.3 Å². The number of imide groups is 1. The molecule has 3 aromatic rings. The van der Waals surface area contributed by atoms with Gasteiger partial charge in [-0.1, -0.05) is 134 Å². The Labute approximate surface area is 466 Å². The van der Waals surface area contributed by atoms with Crippen molar-refractivity contribution in [1.29, 1.82) is 0 Å². The lowest BCUT2D eigenvalue weighted by atomic mass is 9.76. The summed E-state index contributed by atoms with van der Waals surface area (Å²) in [5.41, 5.74) is 6.66. The number of rotatable bonds is 30. The van der Waals surface area contributed by atoms with E-state index in [1.54, 1.807) is 14.1 Å². The first-order valence-electron chi connectivity index (χ1n) is 27.0. The van der Waals surface area contributed by atoms with E-state index < -0.39 is 74.7 Å².